The van der Waals surface area contributed by atoms with E-state index in [1.807, 2.05) is 42.5 Å². The van der Waals surface area contributed by atoms with Gasteiger partial charge in [-0.3, -0.25) is 9.59 Å². The first-order valence-corrected chi connectivity index (χ1v) is 9.13. The molecule has 2 amide bonds. The minimum atomic E-state index is -0.0700. The van der Waals surface area contributed by atoms with Gasteiger partial charge >= 0.3 is 0 Å². The van der Waals surface area contributed by atoms with Gasteiger partial charge in [0.05, 0.1) is 26.2 Å². The van der Waals surface area contributed by atoms with Crippen LogP contribution in [-0.4, -0.2) is 49.6 Å². The van der Waals surface area contributed by atoms with E-state index in [1.54, 1.807) is 17.0 Å². The van der Waals surface area contributed by atoms with Crippen LogP contribution in [0.1, 0.15) is 22.3 Å². The zero-order chi connectivity index (χ0) is 18.9. The van der Waals surface area contributed by atoms with E-state index in [1.165, 1.54) is 0 Å². The Morgan fingerprint density at radius 1 is 1.00 bits per heavy atom. The van der Waals surface area contributed by atoms with Crippen molar-refractivity contribution < 1.29 is 19.1 Å². The molecule has 0 bridgehead atoms. The molecule has 142 valence electrons. The molecular formula is C21H24N2O4. The number of carbonyl (C=O) groups excluding carboxylic acids is 2. The van der Waals surface area contributed by atoms with Gasteiger partial charge in [-0.2, -0.15) is 0 Å². The third-order valence-electron chi connectivity index (χ3n) is 4.33. The lowest BCUT2D eigenvalue weighted by molar-refractivity contribution is -0.121. The van der Waals surface area contributed by atoms with Gasteiger partial charge < -0.3 is 19.7 Å². The fourth-order valence-electron chi connectivity index (χ4n) is 2.78. The Labute approximate surface area is 159 Å². The summed E-state index contributed by atoms with van der Waals surface area (Å²) in [6, 6.07) is 16.8. The van der Waals surface area contributed by atoms with Crippen LogP contribution >= 0.6 is 0 Å². The summed E-state index contributed by atoms with van der Waals surface area (Å²) < 4.78 is 10.8. The van der Waals surface area contributed by atoms with Gasteiger partial charge in [0.1, 0.15) is 5.75 Å². The molecule has 27 heavy (non-hydrogen) atoms. The van der Waals surface area contributed by atoms with Crippen molar-refractivity contribution in [3.63, 3.8) is 0 Å². The van der Waals surface area contributed by atoms with E-state index >= 15 is 0 Å². The summed E-state index contributed by atoms with van der Waals surface area (Å²) in [5, 5.41) is 2.87. The summed E-state index contributed by atoms with van der Waals surface area (Å²) in [5.74, 6) is 0.706. The van der Waals surface area contributed by atoms with Gasteiger partial charge in [0.2, 0.25) is 5.91 Å². The van der Waals surface area contributed by atoms with Gasteiger partial charge in [0, 0.05) is 25.2 Å². The van der Waals surface area contributed by atoms with Crippen LogP contribution in [0.15, 0.2) is 54.6 Å². The highest BCUT2D eigenvalue weighted by Gasteiger charge is 2.18. The van der Waals surface area contributed by atoms with Gasteiger partial charge in [0.25, 0.3) is 5.91 Å². The van der Waals surface area contributed by atoms with Gasteiger partial charge in [0.15, 0.2) is 0 Å². The molecule has 2 aromatic carbocycles. The van der Waals surface area contributed by atoms with Gasteiger partial charge in [-0.15, -0.1) is 0 Å². The summed E-state index contributed by atoms with van der Waals surface area (Å²) in [7, 11) is 0. The van der Waals surface area contributed by atoms with Crippen molar-refractivity contribution in [1.82, 2.24) is 10.2 Å². The molecule has 1 fully saturated rings. The van der Waals surface area contributed by atoms with Crippen LogP contribution in [0.5, 0.6) is 5.75 Å². The molecule has 0 atom stereocenters. The van der Waals surface area contributed by atoms with Crippen LogP contribution in [0.4, 0.5) is 0 Å². The lowest BCUT2D eigenvalue weighted by Crippen LogP contribution is -2.40. The van der Waals surface area contributed by atoms with Crippen molar-refractivity contribution in [1.29, 1.82) is 0 Å². The number of nitrogens with one attached hydrogen (secondary N) is 1. The zero-order valence-electron chi connectivity index (χ0n) is 15.2. The number of para-hydroxylation sites is 1. The molecule has 0 radical (unpaired) electrons. The maximum Gasteiger partial charge on any atom is 0.254 e. The van der Waals surface area contributed by atoms with Crippen LogP contribution < -0.4 is 10.1 Å². The monoisotopic (exact) mass is 368 g/mol. The first kappa shape index (κ1) is 18.9. The molecule has 1 aliphatic heterocycles. The summed E-state index contributed by atoms with van der Waals surface area (Å²) in [6.07, 6.45) is 0.294. The molecule has 6 nitrogen and oxygen atoms in total. The van der Waals surface area contributed by atoms with E-state index in [2.05, 4.69) is 5.32 Å². The van der Waals surface area contributed by atoms with Crippen molar-refractivity contribution in [3.05, 3.63) is 65.7 Å². The highest BCUT2D eigenvalue weighted by atomic mass is 16.5. The summed E-state index contributed by atoms with van der Waals surface area (Å²) in [6.45, 7) is 3.19. The fourth-order valence-corrected chi connectivity index (χ4v) is 2.78. The lowest BCUT2D eigenvalue weighted by Gasteiger charge is -2.26. The van der Waals surface area contributed by atoms with E-state index in [0.717, 1.165) is 11.3 Å². The molecule has 0 saturated carbocycles. The number of nitrogens with zero attached hydrogens (tertiary/aromatic N) is 1. The Morgan fingerprint density at radius 3 is 2.41 bits per heavy atom. The van der Waals surface area contributed by atoms with Crippen LogP contribution in [0.2, 0.25) is 0 Å². The number of ether oxygens (including phenoxy) is 2. The smallest absolute Gasteiger partial charge is 0.254 e. The number of morpholine rings is 1. The third kappa shape index (κ3) is 5.82. The second-order valence-corrected chi connectivity index (χ2v) is 6.29. The molecule has 1 saturated heterocycles. The SMILES string of the molecule is O=C(CCOc1ccccc1)NCc1ccc(C(=O)N2CCOCC2)cc1. The highest BCUT2D eigenvalue weighted by molar-refractivity contribution is 5.94. The van der Waals surface area contributed by atoms with Crippen LogP contribution in [-0.2, 0) is 16.1 Å². The van der Waals surface area contributed by atoms with Gasteiger partial charge in [-0.1, -0.05) is 30.3 Å². The average Bonchev–Trinajstić information content (AvgIpc) is 2.73. The highest BCUT2D eigenvalue weighted by Crippen LogP contribution is 2.10. The molecule has 0 aliphatic carbocycles. The molecule has 0 aromatic heterocycles. The maximum atomic E-state index is 12.4. The first-order chi connectivity index (χ1) is 13.2. The predicted octanol–water partition coefficient (Wildman–Crippen LogP) is 2.24. The number of hydrogen-bond acceptors (Lipinski definition) is 4. The quantitative estimate of drug-likeness (QED) is 0.814. The summed E-state index contributed by atoms with van der Waals surface area (Å²) in [5.41, 5.74) is 1.61. The molecule has 2 aromatic rings. The molecule has 6 heteroatoms. The molecule has 3 rings (SSSR count). The average molecular weight is 368 g/mol. The third-order valence-corrected chi connectivity index (χ3v) is 4.33. The lowest BCUT2D eigenvalue weighted by atomic mass is 10.1. The van der Waals surface area contributed by atoms with Crippen molar-refractivity contribution in [3.8, 4) is 5.75 Å². The number of hydrogen-bond donors (Lipinski definition) is 1. The second kappa shape index (κ2) is 9.73. The van der Waals surface area contributed by atoms with Crippen LogP contribution in [0.25, 0.3) is 0 Å². The molecular weight excluding hydrogens is 344 g/mol. The van der Waals surface area contributed by atoms with Crippen molar-refractivity contribution >= 4 is 11.8 Å². The van der Waals surface area contributed by atoms with Crippen LogP contribution in [0, 0.1) is 0 Å². The Hall–Kier alpha value is -2.86. The standard InChI is InChI=1S/C21H24N2O4/c24-20(10-13-27-19-4-2-1-3-5-19)22-16-17-6-8-18(9-7-17)21(25)23-11-14-26-15-12-23/h1-9H,10-16H2,(H,22,24). The molecule has 1 aliphatic rings. The minimum Gasteiger partial charge on any atom is -0.493 e. The molecule has 0 spiro atoms. The van der Waals surface area contributed by atoms with Gasteiger partial charge in [-0.25, -0.2) is 0 Å². The Morgan fingerprint density at radius 2 is 1.70 bits per heavy atom. The molecule has 1 heterocycles. The number of benzene rings is 2. The maximum absolute atomic E-state index is 12.4. The van der Waals surface area contributed by atoms with E-state index in [-0.39, 0.29) is 11.8 Å². The number of carbonyl (C=O) groups is 2. The van der Waals surface area contributed by atoms with Crippen molar-refractivity contribution in [2.75, 3.05) is 32.9 Å². The minimum absolute atomic E-state index is 0.0203. The second-order valence-electron chi connectivity index (χ2n) is 6.29. The van der Waals surface area contributed by atoms with Crippen LogP contribution in [0.3, 0.4) is 0 Å². The normalized spacial score (nSPS) is 13.9. The molecule has 0 unspecified atom stereocenters. The van der Waals surface area contributed by atoms with Crippen molar-refractivity contribution in [2.24, 2.45) is 0 Å². The topological polar surface area (TPSA) is 67.9 Å². The Balaban J connectivity index is 1.40. The largest absolute Gasteiger partial charge is 0.493 e. The summed E-state index contributed by atoms with van der Waals surface area (Å²) in [4.78, 5) is 26.1. The number of rotatable bonds is 7. The predicted molar refractivity (Wildman–Crippen MR) is 102 cm³/mol. The number of amides is 2. The van der Waals surface area contributed by atoms with E-state index in [0.29, 0.717) is 51.4 Å². The van der Waals surface area contributed by atoms with E-state index in [9.17, 15) is 9.59 Å². The van der Waals surface area contributed by atoms with E-state index < -0.39 is 0 Å². The van der Waals surface area contributed by atoms with Gasteiger partial charge in [-0.05, 0) is 29.8 Å². The first-order valence-electron chi connectivity index (χ1n) is 9.13. The Bertz CT molecular complexity index is 741. The zero-order valence-corrected chi connectivity index (χ0v) is 15.2. The van der Waals surface area contributed by atoms with Crippen molar-refractivity contribution in [2.45, 2.75) is 13.0 Å². The Kier molecular flexibility index (Phi) is 6.82. The summed E-state index contributed by atoms with van der Waals surface area (Å²) >= 11 is 0. The van der Waals surface area contributed by atoms with E-state index in [4.69, 9.17) is 9.47 Å². The molecule has 1 N–H and O–H groups in total. The fraction of sp³-hybridized carbons (Fsp3) is 0.333.